The first kappa shape index (κ1) is 25.1. The largest absolute Gasteiger partial charge is 0.492 e. The number of benzene rings is 1. The number of nitrogens with zero attached hydrogens (tertiary/aromatic N) is 3. The van der Waals surface area contributed by atoms with Gasteiger partial charge in [-0.3, -0.25) is 19.1 Å². The number of carbonyl (C=O) groups excluding carboxylic acids is 1. The molecule has 9 nitrogen and oxygen atoms in total. The first-order valence-corrected chi connectivity index (χ1v) is 11.7. The molecule has 1 amide bonds. The van der Waals surface area contributed by atoms with Crippen molar-refractivity contribution in [2.45, 2.75) is 13.5 Å². The van der Waals surface area contributed by atoms with E-state index < -0.39 is 5.91 Å². The maximum absolute atomic E-state index is 12.8. The molecule has 1 saturated heterocycles. The Balaban J connectivity index is 1.76. The molecular weight excluding hydrogens is 454 g/mol. The van der Waals surface area contributed by atoms with Gasteiger partial charge in [-0.15, -0.1) is 17.8 Å². The number of nitrogens with one attached hydrogen (secondary N) is 2. The molecule has 1 aliphatic rings. The maximum atomic E-state index is 12.8. The zero-order chi connectivity index (χ0) is 24.3. The highest BCUT2D eigenvalue weighted by Crippen LogP contribution is 2.17. The number of morpholine rings is 1. The molecule has 34 heavy (non-hydrogen) atoms. The van der Waals surface area contributed by atoms with Gasteiger partial charge in [0.15, 0.2) is 5.57 Å². The minimum Gasteiger partial charge on any atom is -0.492 e. The number of hydrogen-bond acceptors (Lipinski definition) is 8. The van der Waals surface area contributed by atoms with Crippen LogP contribution in [0, 0.1) is 23.7 Å². The van der Waals surface area contributed by atoms with Gasteiger partial charge in [-0.25, -0.2) is 0 Å². The van der Waals surface area contributed by atoms with Crippen LogP contribution >= 0.6 is 11.3 Å². The van der Waals surface area contributed by atoms with Gasteiger partial charge in [0, 0.05) is 44.1 Å². The number of terminal acetylenes is 1. The predicted molar refractivity (Wildman–Crippen MR) is 132 cm³/mol. The first-order valence-electron chi connectivity index (χ1n) is 10.9. The molecule has 1 aromatic carbocycles. The minimum absolute atomic E-state index is 0.00284. The van der Waals surface area contributed by atoms with Crippen molar-refractivity contribution in [2.75, 3.05) is 51.3 Å². The summed E-state index contributed by atoms with van der Waals surface area (Å²) in [6, 6.07) is 9.34. The summed E-state index contributed by atoms with van der Waals surface area (Å²) >= 11 is 1.07. The number of carbonyl (C=O) groups is 1. The Hall–Kier alpha value is -3.57. The van der Waals surface area contributed by atoms with Crippen LogP contribution in [0.5, 0.6) is 5.75 Å². The van der Waals surface area contributed by atoms with Crippen molar-refractivity contribution < 1.29 is 14.3 Å². The van der Waals surface area contributed by atoms with Crippen LogP contribution in [0.2, 0.25) is 0 Å². The second-order valence-electron chi connectivity index (χ2n) is 7.31. The van der Waals surface area contributed by atoms with E-state index in [2.05, 4.69) is 21.5 Å². The molecule has 178 valence electrons. The second kappa shape index (κ2) is 12.6. The summed E-state index contributed by atoms with van der Waals surface area (Å²) in [7, 11) is 0. The van der Waals surface area contributed by atoms with Crippen LogP contribution in [0.3, 0.4) is 0 Å². The Labute approximate surface area is 201 Å². The molecule has 10 heteroatoms. The molecule has 0 spiro atoms. The van der Waals surface area contributed by atoms with Crippen LogP contribution in [0.25, 0.3) is 11.8 Å². The van der Waals surface area contributed by atoms with Gasteiger partial charge in [0.25, 0.3) is 11.5 Å². The maximum Gasteiger partial charge on any atom is 0.270 e. The third kappa shape index (κ3) is 6.49. The fourth-order valence-corrected chi connectivity index (χ4v) is 4.44. The molecule has 1 aliphatic heterocycles. The average Bonchev–Trinajstić information content (AvgIpc) is 3.17. The van der Waals surface area contributed by atoms with E-state index in [1.54, 1.807) is 13.1 Å². The summed E-state index contributed by atoms with van der Waals surface area (Å²) in [5.74, 6) is 2.40. The van der Waals surface area contributed by atoms with E-state index in [0.29, 0.717) is 17.7 Å². The summed E-state index contributed by atoms with van der Waals surface area (Å²) in [6.45, 7) is 6.82. The van der Waals surface area contributed by atoms with Gasteiger partial charge >= 0.3 is 0 Å². The monoisotopic (exact) mass is 481 g/mol. The Morgan fingerprint density at radius 3 is 2.88 bits per heavy atom. The van der Waals surface area contributed by atoms with Crippen LogP contribution < -0.4 is 30.1 Å². The molecule has 2 N–H and O–H groups in total. The van der Waals surface area contributed by atoms with Crippen LogP contribution in [0.1, 0.15) is 6.92 Å². The lowest BCUT2D eigenvalue weighted by molar-refractivity contribution is -0.115. The standard InChI is InChI=1S/C24H27N5O4S/c1-3-8-26-22(30)20(16-25)24-29(4-2)23(31)21(34-24)17-27-18-6-5-7-19(15-18)33-14-11-28-9-12-32-13-10-28/h1,5-7,15,17,27H,4,8-14H2,2H3,(H,26,30). The van der Waals surface area contributed by atoms with E-state index in [1.807, 2.05) is 30.3 Å². The summed E-state index contributed by atoms with van der Waals surface area (Å²) < 4.78 is 13.3. The number of thiazole rings is 1. The number of anilines is 1. The van der Waals surface area contributed by atoms with Gasteiger partial charge in [0.05, 0.1) is 19.8 Å². The van der Waals surface area contributed by atoms with Crippen LogP contribution in [-0.2, 0) is 16.1 Å². The highest BCUT2D eigenvalue weighted by molar-refractivity contribution is 7.07. The molecule has 3 rings (SSSR count). The van der Waals surface area contributed by atoms with Crippen LogP contribution in [-0.4, -0.2) is 61.4 Å². The predicted octanol–water partition coefficient (Wildman–Crippen LogP) is -0.0855. The molecular formula is C24H27N5O4S. The summed E-state index contributed by atoms with van der Waals surface area (Å²) in [5.41, 5.74) is 0.317. The SMILES string of the molecule is C#CCNC(=O)C(C#N)=c1sc(=CNc2cccc(OCCN3CCOCC3)c2)c(=O)n1CC. The number of nitriles is 1. The van der Waals surface area contributed by atoms with E-state index >= 15 is 0 Å². The van der Waals surface area contributed by atoms with Crippen molar-refractivity contribution in [1.29, 1.82) is 5.26 Å². The van der Waals surface area contributed by atoms with Gasteiger partial charge in [-0.1, -0.05) is 12.0 Å². The summed E-state index contributed by atoms with van der Waals surface area (Å²) in [5, 5.41) is 15.1. The van der Waals surface area contributed by atoms with Crippen molar-refractivity contribution >= 4 is 34.7 Å². The molecule has 0 unspecified atom stereocenters. The molecule has 2 aromatic rings. The zero-order valence-corrected chi connectivity index (χ0v) is 19.8. The zero-order valence-electron chi connectivity index (χ0n) is 19.0. The van der Waals surface area contributed by atoms with E-state index in [1.165, 1.54) is 4.57 Å². The van der Waals surface area contributed by atoms with Gasteiger partial charge < -0.3 is 20.1 Å². The third-order valence-electron chi connectivity index (χ3n) is 5.11. The molecule has 0 radical (unpaired) electrons. The minimum atomic E-state index is -0.606. The molecule has 1 fully saturated rings. The Morgan fingerprint density at radius 1 is 1.38 bits per heavy atom. The third-order valence-corrected chi connectivity index (χ3v) is 6.24. The fraction of sp³-hybridized carbons (Fsp3) is 0.375. The van der Waals surface area contributed by atoms with Crippen molar-refractivity contribution in [2.24, 2.45) is 0 Å². The Morgan fingerprint density at radius 2 is 2.18 bits per heavy atom. The number of ether oxygens (including phenoxy) is 2. The van der Waals surface area contributed by atoms with E-state index in [0.717, 1.165) is 55.6 Å². The highest BCUT2D eigenvalue weighted by Gasteiger charge is 2.14. The van der Waals surface area contributed by atoms with E-state index in [9.17, 15) is 14.9 Å². The van der Waals surface area contributed by atoms with Gasteiger partial charge in [-0.05, 0) is 19.1 Å². The lowest BCUT2D eigenvalue weighted by atomic mass is 10.3. The second-order valence-corrected chi connectivity index (χ2v) is 8.34. The normalized spacial score (nSPS) is 15.2. The lowest BCUT2D eigenvalue weighted by Crippen LogP contribution is -2.38. The van der Waals surface area contributed by atoms with Crippen molar-refractivity contribution in [3.63, 3.8) is 0 Å². The van der Waals surface area contributed by atoms with Crippen molar-refractivity contribution in [3.05, 3.63) is 43.8 Å². The molecule has 2 heterocycles. The quantitative estimate of drug-likeness (QED) is 0.482. The molecule has 0 bridgehead atoms. The fourth-order valence-electron chi connectivity index (χ4n) is 3.35. The molecule has 1 aromatic heterocycles. The number of aromatic nitrogens is 1. The average molecular weight is 482 g/mol. The van der Waals surface area contributed by atoms with Crippen molar-refractivity contribution in [3.8, 4) is 24.2 Å². The first-order chi connectivity index (χ1) is 16.6. The lowest BCUT2D eigenvalue weighted by Gasteiger charge is -2.26. The van der Waals surface area contributed by atoms with Crippen molar-refractivity contribution in [1.82, 2.24) is 14.8 Å². The topological polar surface area (TPSA) is 109 Å². The number of hydrogen-bond donors (Lipinski definition) is 2. The highest BCUT2D eigenvalue weighted by atomic mass is 32.1. The summed E-state index contributed by atoms with van der Waals surface area (Å²) in [4.78, 5) is 27.4. The summed E-state index contributed by atoms with van der Waals surface area (Å²) in [6.07, 6.45) is 6.74. The number of amides is 1. The Kier molecular flexibility index (Phi) is 9.30. The Bertz CT molecular complexity index is 1260. The molecule has 0 atom stereocenters. The van der Waals surface area contributed by atoms with E-state index in [-0.39, 0.29) is 22.3 Å². The molecule has 0 aliphatic carbocycles. The van der Waals surface area contributed by atoms with Gasteiger partial charge in [-0.2, -0.15) is 5.26 Å². The van der Waals surface area contributed by atoms with Gasteiger partial charge in [0.2, 0.25) is 0 Å². The molecule has 0 saturated carbocycles. The van der Waals surface area contributed by atoms with E-state index in [4.69, 9.17) is 15.9 Å². The van der Waals surface area contributed by atoms with Gasteiger partial charge in [0.1, 0.15) is 27.6 Å². The number of rotatable bonds is 9. The van der Waals surface area contributed by atoms with Crippen LogP contribution in [0.4, 0.5) is 5.69 Å². The van der Waals surface area contributed by atoms with Crippen LogP contribution in [0.15, 0.2) is 29.1 Å². The smallest absolute Gasteiger partial charge is 0.270 e.